The molecule has 4 nitrogen and oxygen atoms in total. The maximum absolute atomic E-state index is 5.69. The molecule has 1 saturated carbocycles. The first kappa shape index (κ1) is 16.3. The zero-order chi connectivity index (χ0) is 15.2. The predicted molar refractivity (Wildman–Crippen MR) is 83.8 cm³/mol. The third kappa shape index (κ3) is 3.57. The van der Waals surface area contributed by atoms with Crippen LogP contribution >= 0.6 is 0 Å². The van der Waals surface area contributed by atoms with Crippen LogP contribution in [-0.4, -0.2) is 39.1 Å². The zero-order valence-electron chi connectivity index (χ0n) is 13.5. The van der Waals surface area contributed by atoms with E-state index in [1.54, 1.807) is 14.2 Å². The molecule has 1 aliphatic carbocycles. The largest absolute Gasteiger partial charge is 0.496 e. The van der Waals surface area contributed by atoms with Crippen LogP contribution in [0.15, 0.2) is 24.3 Å². The number of rotatable bonds is 8. The molecule has 1 N–H and O–H groups in total. The molecular formula is C17H27NO3. The molecule has 0 aromatic heterocycles. The Balaban J connectivity index is 2.03. The molecule has 0 aliphatic heterocycles. The minimum atomic E-state index is 0.133. The molecule has 1 fully saturated rings. The standard InChI is InChI=1S/C17H27NO3/c1-5-13(12-9-7-8-10-15(12)19-3)18-14-11-16(21-6-2)17(14)20-4/h7-10,13-14,16-18H,5-6,11H2,1-4H3. The van der Waals surface area contributed by atoms with Gasteiger partial charge in [0.25, 0.3) is 0 Å². The van der Waals surface area contributed by atoms with Crippen molar-refractivity contribution in [3.05, 3.63) is 29.8 Å². The fourth-order valence-electron chi connectivity index (χ4n) is 3.08. The number of nitrogens with one attached hydrogen (secondary N) is 1. The third-order valence-electron chi connectivity index (χ3n) is 4.24. The van der Waals surface area contributed by atoms with E-state index in [-0.39, 0.29) is 18.2 Å². The van der Waals surface area contributed by atoms with Crippen LogP contribution in [0.5, 0.6) is 5.75 Å². The van der Waals surface area contributed by atoms with Crippen molar-refractivity contribution in [2.45, 2.75) is 51.0 Å². The van der Waals surface area contributed by atoms with E-state index in [0.717, 1.165) is 25.2 Å². The molecule has 0 heterocycles. The summed E-state index contributed by atoms with van der Waals surface area (Å²) in [5.74, 6) is 0.937. The Labute approximate surface area is 127 Å². The molecule has 0 radical (unpaired) electrons. The van der Waals surface area contributed by atoms with Gasteiger partial charge in [0.15, 0.2) is 0 Å². The minimum absolute atomic E-state index is 0.133. The Kier molecular flexibility index (Phi) is 6.03. The van der Waals surface area contributed by atoms with Crippen molar-refractivity contribution in [1.29, 1.82) is 0 Å². The van der Waals surface area contributed by atoms with Gasteiger partial charge in [0.2, 0.25) is 0 Å². The second kappa shape index (κ2) is 7.78. The fraction of sp³-hybridized carbons (Fsp3) is 0.647. The number of benzene rings is 1. The predicted octanol–water partition coefficient (Wildman–Crippen LogP) is 2.93. The maximum Gasteiger partial charge on any atom is 0.123 e. The lowest BCUT2D eigenvalue weighted by atomic mass is 9.84. The van der Waals surface area contributed by atoms with Crippen LogP contribution in [0, 0.1) is 0 Å². The summed E-state index contributed by atoms with van der Waals surface area (Å²) < 4.78 is 16.7. The topological polar surface area (TPSA) is 39.7 Å². The molecule has 0 saturated heterocycles. The molecular weight excluding hydrogens is 266 g/mol. The average Bonchev–Trinajstić information content (AvgIpc) is 2.50. The highest BCUT2D eigenvalue weighted by Crippen LogP contribution is 2.32. The van der Waals surface area contributed by atoms with Crippen LogP contribution in [-0.2, 0) is 9.47 Å². The quantitative estimate of drug-likeness (QED) is 0.800. The van der Waals surface area contributed by atoms with Gasteiger partial charge in [-0.05, 0) is 25.8 Å². The highest BCUT2D eigenvalue weighted by atomic mass is 16.5. The van der Waals surface area contributed by atoms with Gasteiger partial charge in [0.1, 0.15) is 5.75 Å². The van der Waals surface area contributed by atoms with Crippen molar-refractivity contribution in [1.82, 2.24) is 5.32 Å². The van der Waals surface area contributed by atoms with Gasteiger partial charge in [-0.2, -0.15) is 0 Å². The Morgan fingerprint density at radius 1 is 1.24 bits per heavy atom. The first-order valence-corrected chi connectivity index (χ1v) is 7.78. The first-order valence-electron chi connectivity index (χ1n) is 7.78. The van der Waals surface area contributed by atoms with Crippen molar-refractivity contribution >= 4 is 0 Å². The minimum Gasteiger partial charge on any atom is -0.496 e. The summed E-state index contributed by atoms with van der Waals surface area (Å²) in [5, 5.41) is 3.70. The van der Waals surface area contributed by atoms with Gasteiger partial charge < -0.3 is 19.5 Å². The highest BCUT2D eigenvalue weighted by Gasteiger charge is 2.42. The summed E-state index contributed by atoms with van der Waals surface area (Å²) in [6.45, 7) is 4.95. The van der Waals surface area contributed by atoms with Crippen LogP contribution in [0.1, 0.15) is 38.3 Å². The lowest BCUT2D eigenvalue weighted by molar-refractivity contribution is -0.133. The van der Waals surface area contributed by atoms with E-state index in [2.05, 4.69) is 24.4 Å². The molecule has 118 valence electrons. The Bertz CT molecular complexity index is 438. The van der Waals surface area contributed by atoms with Gasteiger partial charge in [-0.1, -0.05) is 25.1 Å². The van der Waals surface area contributed by atoms with Crippen molar-refractivity contribution in [3.63, 3.8) is 0 Å². The second-order valence-corrected chi connectivity index (χ2v) is 5.41. The molecule has 21 heavy (non-hydrogen) atoms. The van der Waals surface area contributed by atoms with Crippen LogP contribution in [0.3, 0.4) is 0 Å². The van der Waals surface area contributed by atoms with Gasteiger partial charge in [-0.25, -0.2) is 0 Å². The number of hydrogen-bond donors (Lipinski definition) is 1. The molecule has 2 rings (SSSR count). The van der Waals surface area contributed by atoms with E-state index < -0.39 is 0 Å². The van der Waals surface area contributed by atoms with Crippen molar-refractivity contribution in [2.75, 3.05) is 20.8 Å². The van der Waals surface area contributed by atoms with Gasteiger partial charge in [-0.3, -0.25) is 0 Å². The second-order valence-electron chi connectivity index (χ2n) is 5.41. The number of methoxy groups -OCH3 is 2. The van der Waals surface area contributed by atoms with E-state index in [4.69, 9.17) is 14.2 Å². The lowest BCUT2D eigenvalue weighted by Crippen LogP contribution is -2.60. The van der Waals surface area contributed by atoms with Crippen molar-refractivity contribution in [2.24, 2.45) is 0 Å². The van der Waals surface area contributed by atoms with Crippen molar-refractivity contribution < 1.29 is 14.2 Å². The SMILES string of the molecule is CCOC1CC(NC(CC)c2ccccc2OC)C1OC. The summed E-state index contributed by atoms with van der Waals surface area (Å²) in [5.41, 5.74) is 1.21. The van der Waals surface area contributed by atoms with Crippen LogP contribution in [0.25, 0.3) is 0 Å². The van der Waals surface area contributed by atoms with Gasteiger partial charge >= 0.3 is 0 Å². The number of para-hydroxylation sites is 1. The average molecular weight is 293 g/mol. The highest BCUT2D eigenvalue weighted by molar-refractivity contribution is 5.36. The van der Waals surface area contributed by atoms with Crippen LogP contribution in [0.4, 0.5) is 0 Å². The maximum atomic E-state index is 5.69. The van der Waals surface area contributed by atoms with E-state index in [1.165, 1.54) is 5.56 Å². The van der Waals surface area contributed by atoms with E-state index in [1.807, 2.05) is 19.1 Å². The van der Waals surface area contributed by atoms with Gasteiger partial charge in [-0.15, -0.1) is 0 Å². The van der Waals surface area contributed by atoms with E-state index in [0.29, 0.717) is 6.04 Å². The lowest BCUT2D eigenvalue weighted by Gasteiger charge is -2.45. The summed E-state index contributed by atoms with van der Waals surface area (Å²) in [6, 6.07) is 8.80. The Hall–Kier alpha value is -1.10. The number of hydrogen-bond acceptors (Lipinski definition) is 4. The Morgan fingerprint density at radius 2 is 2.00 bits per heavy atom. The molecule has 0 bridgehead atoms. The van der Waals surface area contributed by atoms with Crippen molar-refractivity contribution in [3.8, 4) is 5.75 Å². The molecule has 1 aromatic carbocycles. The normalized spacial score (nSPS) is 26.2. The van der Waals surface area contributed by atoms with Gasteiger partial charge in [0.05, 0.1) is 19.3 Å². The van der Waals surface area contributed by atoms with E-state index in [9.17, 15) is 0 Å². The third-order valence-corrected chi connectivity index (χ3v) is 4.24. The number of ether oxygens (including phenoxy) is 3. The monoisotopic (exact) mass is 293 g/mol. The molecule has 4 atom stereocenters. The molecule has 0 amide bonds. The molecule has 0 spiro atoms. The molecule has 4 heteroatoms. The first-order chi connectivity index (χ1) is 10.2. The summed E-state index contributed by atoms with van der Waals surface area (Å²) in [6.07, 6.45) is 2.35. The Morgan fingerprint density at radius 3 is 2.62 bits per heavy atom. The summed E-state index contributed by atoms with van der Waals surface area (Å²) in [7, 11) is 3.48. The molecule has 4 unspecified atom stereocenters. The smallest absolute Gasteiger partial charge is 0.123 e. The molecule has 1 aliphatic rings. The fourth-order valence-corrected chi connectivity index (χ4v) is 3.08. The van der Waals surface area contributed by atoms with Crippen LogP contribution in [0.2, 0.25) is 0 Å². The van der Waals surface area contributed by atoms with Crippen LogP contribution < -0.4 is 10.1 Å². The summed E-state index contributed by atoms with van der Waals surface area (Å²) in [4.78, 5) is 0. The molecule has 1 aromatic rings. The zero-order valence-corrected chi connectivity index (χ0v) is 13.5. The van der Waals surface area contributed by atoms with E-state index >= 15 is 0 Å². The summed E-state index contributed by atoms with van der Waals surface area (Å²) >= 11 is 0. The van der Waals surface area contributed by atoms with Gasteiger partial charge in [0, 0.05) is 31.4 Å².